The Morgan fingerprint density at radius 3 is 2.86 bits per heavy atom. The van der Waals surface area contributed by atoms with Gasteiger partial charge in [-0.2, -0.15) is 5.10 Å². The van der Waals surface area contributed by atoms with Crippen LogP contribution in [0.1, 0.15) is 64.7 Å². The van der Waals surface area contributed by atoms with Crippen molar-refractivity contribution in [3.05, 3.63) is 12.2 Å². The van der Waals surface area contributed by atoms with Crippen LogP contribution in [0.3, 0.4) is 0 Å². The molecule has 21 heavy (non-hydrogen) atoms. The van der Waals surface area contributed by atoms with E-state index in [-0.39, 0.29) is 17.9 Å². The summed E-state index contributed by atoms with van der Waals surface area (Å²) >= 11 is 0. The van der Waals surface area contributed by atoms with E-state index in [4.69, 9.17) is 0 Å². The van der Waals surface area contributed by atoms with Gasteiger partial charge in [-0.1, -0.05) is 19.8 Å². The van der Waals surface area contributed by atoms with Crippen molar-refractivity contribution < 1.29 is 9.90 Å². The number of nitrogens with zero attached hydrogens (tertiary/aromatic N) is 3. The van der Waals surface area contributed by atoms with Crippen molar-refractivity contribution in [3.8, 4) is 0 Å². The van der Waals surface area contributed by atoms with Gasteiger partial charge in [-0.25, -0.2) is 9.67 Å². The Hall–Kier alpha value is -1.39. The summed E-state index contributed by atoms with van der Waals surface area (Å²) in [7, 11) is 0. The van der Waals surface area contributed by atoms with Crippen LogP contribution < -0.4 is 0 Å². The van der Waals surface area contributed by atoms with Gasteiger partial charge in [0, 0.05) is 12.5 Å². The molecule has 2 rings (SSSR count). The predicted octanol–water partition coefficient (Wildman–Crippen LogP) is 3.32. The molecule has 5 nitrogen and oxygen atoms in total. The summed E-state index contributed by atoms with van der Waals surface area (Å²) in [6.45, 7) is 6.36. The Morgan fingerprint density at radius 1 is 1.48 bits per heavy atom. The molecule has 1 heterocycles. The first kappa shape index (κ1) is 16.0. The Morgan fingerprint density at radius 2 is 2.24 bits per heavy atom. The lowest BCUT2D eigenvalue weighted by molar-refractivity contribution is -0.145. The van der Waals surface area contributed by atoms with Crippen LogP contribution in [0.25, 0.3) is 0 Å². The van der Waals surface area contributed by atoms with Gasteiger partial charge in [0.15, 0.2) is 0 Å². The third-order valence-electron chi connectivity index (χ3n) is 4.69. The van der Waals surface area contributed by atoms with E-state index in [0.717, 1.165) is 31.5 Å². The van der Waals surface area contributed by atoms with Crippen molar-refractivity contribution in [1.29, 1.82) is 0 Å². The van der Waals surface area contributed by atoms with Crippen LogP contribution in [-0.2, 0) is 11.2 Å². The second-order valence-electron chi connectivity index (χ2n) is 6.59. The van der Waals surface area contributed by atoms with Gasteiger partial charge < -0.3 is 5.11 Å². The number of rotatable bonds is 6. The van der Waals surface area contributed by atoms with Crippen molar-refractivity contribution in [1.82, 2.24) is 14.8 Å². The fourth-order valence-corrected chi connectivity index (χ4v) is 3.67. The molecule has 0 aliphatic heterocycles. The summed E-state index contributed by atoms with van der Waals surface area (Å²) < 4.78 is 1.92. The van der Waals surface area contributed by atoms with Gasteiger partial charge >= 0.3 is 5.97 Å². The standard InChI is InChI=1S/C16H27N3O2/c1-4-5-12-6-7-14(16(20)21)13(8-12)9-15-17-10-18-19(15)11(2)3/h10-14H,4-9H2,1-3H3,(H,20,21). The van der Waals surface area contributed by atoms with Crippen LogP contribution in [0.15, 0.2) is 6.33 Å². The molecule has 0 saturated heterocycles. The van der Waals surface area contributed by atoms with Gasteiger partial charge in [0.05, 0.1) is 5.92 Å². The van der Waals surface area contributed by atoms with Gasteiger partial charge in [-0.05, 0) is 44.9 Å². The number of hydrogen-bond donors (Lipinski definition) is 1. The molecule has 0 spiro atoms. The predicted molar refractivity (Wildman–Crippen MR) is 81.0 cm³/mol. The lowest BCUT2D eigenvalue weighted by Crippen LogP contribution is -2.32. The van der Waals surface area contributed by atoms with Crippen molar-refractivity contribution in [3.63, 3.8) is 0 Å². The van der Waals surface area contributed by atoms with E-state index >= 15 is 0 Å². The molecule has 1 fully saturated rings. The molecule has 1 aromatic rings. The fraction of sp³-hybridized carbons (Fsp3) is 0.812. The Balaban J connectivity index is 2.12. The molecule has 0 bridgehead atoms. The molecule has 3 atom stereocenters. The smallest absolute Gasteiger partial charge is 0.306 e. The highest BCUT2D eigenvalue weighted by Gasteiger charge is 2.35. The van der Waals surface area contributed by atoms with E-state index < -0.39 is 5.97 Å². The van der Waals surface area contributed by atoms with Crippen molar-refractivity contribution in [2.24, 2.45) is 17.8 Å². The van der Waals surface area contributed by atoms with E-state index in [1.54, 1.807) is 6.33 Å². The topological polar surface area (TPSA) is 68.0 Å². The fourth-order valence-electron chi connectivity index (χ4n) is 3.67. The minimum absolute atomic E-state index is 0.189. The zero-order chi connectivity index (χ0) is 15.4. The SMILES string of the molecule is CCCC1CCC(C(=O)O)C(Cc2ncnn2C(C)C)C1. The second kappa shape index (κ2) is 7.05. The number of carboxylic acids is 1. The molecule has 1 aliphatic carbocycles. The summed E-state index contributed by atoms with van der Waals surface area (Å²) in [6, 6.07) is 0.265. The summed E-state index contributed by atoms with van der Waals surface area (Å²) in [6.07, 6.45) is 7.57. The van der Waals surface area contributed by atoms with Gasteiger partial charge in [-0.15, -0.1) is 0 Å². The van der Waals surface area contributed by atoms with Crippen LogP contribution in [-0.4, -0.2) is 25.8 Å². The van der Waals surface area contributed by atoms with Crippen LogP contribution in [0, 0.1) is 17.8 Å². The maximum Gasteiger partial charge on any atom is 0.306 e. The van der Waals surface area contributed by atoms with Crippen LogP contribution in [0.4, 0.5) is 0 Å². The van der Waals surface area contributed by atoms with Gasteiger partial charge in [0.25, 0.3) is 0 Å². The van der Waals surface area contributed by atoms with E-state index in [0.29, 0.717) is 5.92 Å². The Labute approximate surface area is 126 Å². The molecule has 118 valence electrons. The number of hydrogen-bond acceptors (Lipinski definition) is 3. The summed E-state index contributed by atoms with van der Waals surface area (Å²) in [5.74, 6) is 0.917. The van der Waals surface area contributed by atoms with Crippen LogP contribution in [0.2, 0.25) is 0 Å². The van der Waals surface area contributed by atoms with Crippen LogP contribution in [0.5, 0.6) is 0 Å². The minimum Gasteiger partial charge on any atom is -0.481 e. The average molecular weight is 293 g/mol. The zero-order valence-corrected chi connectivity index (χ0v) is 13.3. The first-order chi connectivity index (χ1) is 10.0. The molecule has 1 saturated carbocycles. The van der Waals surface area contributed by atoms with E-state index in [1.807, 2.05) is 4.68 Å². The second-order valence-corrected chi connectivity index (χ2v) is 6.59. The van der Waals surface area contributed by atoms with Crippen molar-refractivity contribution >= 4 is 5.97 Å². The molecule has 0 radical (unpaired) electrons. The highest BCUT2D eigenvalue weighted by Crippen LogP contribution is 2.38. The average Bonchev–Trinajstić information content (AvgIpc) is 2.87. The summed E-state index contributed by atoms with van der Waals surface area (Å²) in [4.78, 5) is 15.9. The lowest BCUT2D eigenvalue weighted by atomic mass is 9.71. The van der Waals surface area contributed by atoms with Crippen molar-refractivity contribution in [2.75, 3.05) is 0 Å². The Kier molecular flexibility index (Phi) is 5.37. The van der Waals surface area contributed by atoms with Crippen LogP contribution >= 0.6 is 0 Å². The largest absolute Gasteiger partial charge is 0.481 e. The molecule has 0 aromatic carbocycles. The number of aliphatic carboxylic acids is 1. The Bertz CT molecular complexity index is 470. The highest BCUT2D eigenvalue weighted by molar-refractivity contribution is 5.70. The maximum atomic E-state index is 11.5. The molecular weight excluding hydrogens is 266 g/mol. The van der Waals surface area contributed by atoms with Gasteiger partial charge in [0.2, 0.25) is 0 Å². The normalized spacial score (nSPS) is 26.2. The summed E-state index contributed by atoms with van der Waals surface area (Å²) in [5, 5.41) is 13.8. The van der Waals surface area contributed by atoms with E-state index in [9.17, 15) is 9.90 Å². The molecular formula is C16H27N3O2. The van der Waals surface area contributed by atoms with Crippen molar-refractivity contribution in [2.45, 2.75) is 65.3 Å². The lowest BCUT2D eigenvalue weighted by Gasteiger charge is -2.34. The molecule has 5 heteroatoms. The third-order valence-corrected chi connectivity index (χ3v) is 4.69. The van der Waals surface area contributed by atoms with Gasteiger partial charge in [-0.3, -0.25) is 4.79 Å². The first-order valence-corrected chi connectivity index (χ1v) is 8.14. The quantitative estimate of drug-likeness (QED) is 0.873. The monoisotopic (exact) mass is 293 g/mol. The highest BCUT2D eigenvalue weighted by atomic mass is 16.4. The molecule has 3 unspecified atom stereocenters. The molecule has 1 N–H and O–H groups in total. The van der Waals surface area contributed by atoms with Gasteiger partial charge in [0.1, 0.15) is 12.2 Å². The number of aromatic nitrogens is 3. The maximum absolute atomic E-state index is 11.5. The first-order valence-electron chi connectivity index (χ1n) is 8.14. The van der Waals surface area contributed by atoms with E-state index in [2.05, 4.69) is 30.9 Å². The molecule has 0 amide bonds. The molecule has 1 aliphatic rings. The van der Waals surface area contributed by atoms with E-state index in [1.165, 1.54) is 12.8 Å². The number of carbonyl (C=O) groups is 1. The minimum atomic E-state index is -0.648. The number of carboxylic acid groups (broad SMARTS) is 1. The third kappa shape index (κ3) is 3.83. The molecule has 1 aromatic heterocycles. The zero-order valence-electron chi connectivity index (χ0n) is 13.3. The summed E-state index contributed by atoms with van der Waals surface area (Å²) in [5.41, 5.74) is 0.